The molecule has 0 aliphatic heterocycles. The van der Waals surface area contributed by atoms with Crippen molar-refractivity contribution in [1.29, 1.82) is 0 Å². The Labute approximate surface area is 125 Å². The highest BCUT2D eigenvalue weighted by Crippen LogP contribution is 2.32. The number of hydrogen-bond acceptors (Lipinski definition) is 1. The van der Waals surface area contributed by atoms with E-state index in [1.807, 2.05) is 24.3 Å². The zero-order valence-corrected chi connectivity index (χ0v) is 12.0. The Bertz CT molecular complexity index is 650. The molecule has 21 heavy (non-hydrogen) atoms. The van der Waals surface area contributed by atoms with Crippen molar-refractivity contribution in [2.75, 3.05) is 7.11 Å². The minimum Gasteiger partial charge on any atom is -0.497 e. The Kier molecular flexibility index (Phi) is 4.02. The Hall–Kier alpha value is -2.54. The number of benzene rings is 3. The van der Waals surface area contributed by atoms with Crippen LogP contribution in [-0.4, -0.2) is 7.11 Å². The van der Waals surface area contributed by atoms with Crippen LogP contribution in [0.4, 0.5) is 0 Å². The van der Waals surface area contributed by atoms with E-state index in [2.05, 4.69) is 60.7 Å². The lowest BCUT2D eigenvalue weighted by atomic mass is 9.85. The summed E-state index contributed by atoms with van der Waals surface area (Å²) in [6.45, 7) is 0. The first-order valence-electron chi connectivity index (χ1n) is 7.04. The maximum atomic E-state index is 5.36. The van der Waals surface area contributed by atoms with Gasteiger partial charge in [-0.15, -0.1) is 0 Å². The summed E-state index contributed by atoms with van der Waals surface area (Å²) < 4.78 is 5.36. The molecule has 0 saturated heterocycles. The van der Waals surface area contributed by atoms with Crippen molar-refractivity contribution in [2.45, 2.75) is 5.92 Å². The van der Waals surface area contributed by atoms with Crippen molar-refractivity contribution >= 4 is 0 Å². The molecular weight excluding hydrogens is 256 g/mol. The van der Waals surface area contributed by atoms with Crippen LogP contribution in [0.3, 0.4) is 0 Å². The average molecular weight is 273 g/mol. The van der Waals surface area contributed by atoms with Gasteiger partial charge in [-0.3, -0.25) is 0 Å². The third-order valence-electron chi connectivity index (χ3n) is 3.61. The molecule has 3 aromatic carbocycles. The second-order valence-electron chi connectivity index (χ2n) is 4.94. The summed E-state index contributed by atoms with van der Waals surface area (Å²) in [7, 11) is 1.69. The van der Waals surface area contributed by atoms with Crippen LogP contribution in [0.25, 0.3) is 0 Å². The molecule has 0 aliphatic rings. The molecule has 0 bridgehead atoms. The van der Waals surface area contributed by atoms with Crippen LogP contribution in [0.5, 0.6) is 5.75 Å². The Morgan fingerprint density at radius 1 is 0.810 bits per heavy atom. The van der Waals surface area contributed by atoms with Gasteiger partial charge in [0, 0.05) is 5.92 Å². The summed E-state index contributed by atoms with van der Waals surface area (Å²) in [6.07, 6.45) is 0. The smallest absolute Gasteiger partial charge is 0.119 e. The molecule has 3 rings (SSSR count). The lowest BCUT2D eigenvalue weighted by Gasteiger charge is -2.19. The molecule has 0 aliphatic carbocycles. The zero-order valence-electron chi connectivity index (χ0n) is 12.0. The van der Waals surface area contributed by atoms with Crippen molar-refractivity contribution in [3.8, 4) is 5.75 Å². The number of rotatable bonds is 4. The molecule has 1 heteroatoms. The van der Waals surface area contributed by atoms with Gasteiger partial charge in [-0.2, -0.15) is 0 Å². The molecular formula is C20H17O. The number of ether oxygens (including phenoxy) is 1. The summed E-state index contributed by atoms with van der Waals surface area (Å²) >= 11 is 0. The second kappa shape index (κ2) is 6.27. The zero-order chi connectivity index (χ0) is 14.5. The lowest BCUT2D eigenvalue weighted by molar-refractivity contribution is 0.414. The molecule has 0 unspecified atom stereocenters. The normalized spacial score (nSPS) is 10.6. The molecule has 103 valence electrons. The molecule has 1 radical (unpaired) electrons. The molecule has 0 saturated carbocycles. The number of methoxy groups -OCH3 is 1. The first kappa shape index (κ1) is 13.4. The summed E-state index contributed by atoms with van der Waals surface area (Å²) in [5, 5.41) is 0. The van der Waals surface area contributed by atoms with Gasteiger partial charge in [0.2, 0.25) is 0 Å². The SMILES string of the molecule is COc1cc[c]c(C(c2ccccc2)c2ccccc2)c1. The van der Waals surface area contributed by atoms with Crippen molar-refractivity contribution < 1.29 is 4.74 Å². The van der Waals surface area contributed by atoms with Gasteiger partial charge in [0.1, 0.15) is 5.75 Å². The van der Waals surface area contributed by atoms with Gasteiger partial charge in [-0.05, 0) is 34.9 Å². The van der Waals surface area contributed by atoms with Gasteiger partial charge in [-0.1, -0.05) is 66.7 Å². The molecule has 0 aromatic heterocycles. The summed E-state index contributed by atoms with van der Waals surface area (Å²) in [5.41, 5.74) is 3.63. The van der Waals surface area contributed by atoms with Crippen molar-refractivity contribution in [2.24, 2.45) is 0 Å². The van der Waals surface area contributed by atoms with E-state index in [0.717, 1.165) is 11.3 Å². The fourth-order valence-corrected chi connectivity index (χ4v) is 2.60. The van der Waals surface area contributed by atoms with Gasteiger partial charge < -0.3 is 4.74 Å². The molecule has 0 fully saturated rings. The van der Waals surface area contributed by atoms with Crippen LogP contribution in [0.15, 0.2) is 78.9 Å². The topological polar surface area (TPSA) is 9.23 Å². The fourth-order valence-electron chi connectivity index (χ4n) is 2.60. The first-order chi connectivity index (χ1) is 10.4. The third kappa shape index (κ3) is 2.97. The van der Waals surface area contributed by atoms with E-state index in [4.69, 9.17) is 4.74 Å². The highest BCUT2D eigenvalue weighted by Gasteiger charge is 2.16. The molecule has 3 aromatic rings. The van der Waals surface area contributed by atoms with Crippen molar-refractivity contribution in [1.82, 2.24) is 0 Å². The summed E-state index contributed by atoms with van der Waals surface area (Å²) in [5.74, 6) is 1.03. The summed E-state index contributed by atoms with van der Waals surface area (Å²) in [6, 6.07) is 30.3. The number of hydrogen-bond donors (Lipinski definition) is 0. The predicted octanol–water partition coefficient (Wildman–Crippen LogP) is 4.68. The standard InChI is InChI=1S/C20H17O/c1-21-19-14-8-13-18(15-19)20(16-9-4-2-5-10-16)17-11-6-3-7-12-17/h2-12,14-15,20H,1H3. The molecule has 1 nitrogen and oxygen atoms in total. The highest BCUT2D eigenvalue weighted by molar-refractivity contribution is 5.44. The van der Waals surface area contributed by atoms with Gasteiger partial charge >= 0.3 is 0 Å². The van der Waals surface area contributed by atoms with Gasteiger partial charge in [-0.25, -0.2) is 0 Å². The van der Waals surface area contributed by atoms with Crippen molar-refractivity contribution in [3.63, 3.8) is 0 Å². The van der Waals surface area contributed by atoms with Crippen LogP contribution < -0.4 is 4.74 Å². The van der Waals surface area contributed by atoms with Crippen LogP contribution >= 0.6 is 0 Å². The predicted molar refractivity (Wildman–Crippen MR) is 85.7 cm³/mol. The van der Waals surface area contributed by atoms with E-state index in [0.29, 0.717) is 0 Å². The molecule has 0 atom stereocenters. The van der Waals surface area contributed by atoms with E-state index in [9.17, 15) is 0 Å². The molecule has 0 spiro atoms. The first-order valence-corrected chi connectivity index (χ1v) is 7.04. The van der Waals surface area contributed by atoms with E-state index in [1.54, 1.807) is 7.11 Å². The van der Waals surface area contributed by atoms with Crippen LogP contribution in [0.1, 0.15) is 22.6 Å². The largest absolute Gasteiger partial charge is 0.497 e. The Morgan fingerprint density at radius 3 is 1.90 bits per heavy atom. The average Bonchev–Trinajstić information content (AvgIpc) is 2.57. The fraction of sp³-hybridized carbons (Fsp3) is 0.100. The molecule has 0 heterocycles. The van der Waals surface area contributed by atoms with Gasteiger partial charge in [0.15, 0.2) is 0 Å². The van der Waals surface area contributed by atoms with E-state index >= 15 is 0 Å². The van der Waals surface area contributed by atoms with Gasteiger partial charge in [0.05, 0.1) is 7.11 Å². The molecule has 0 N–H and O–H groups in total. The summed E-state index contributed by atoms with van der Waals surface area (Å²) in [4.78, 5) is 0. The quantitative estimate of drug-likeness (QED) is 0.627. The highest BCUT2D eigenvalue weighted by atomic mass is 16.5. The van der Waals surface area contributed by atoms with Crippen LogP contribution in [0.2, 0.25) is 0 Å². The maximum absolute atomic E-state index is 5.36. The minimum absolute atomic E-state index is 0.169. The van der Waals surface area contributed by atoms with Crippen LogP contribution in [-0.2, 0) is 0 Å². The van der Waals surface area contributed by atoms with E-state index in [1.165, 1.54) is 11.1 Å². The Balaban J connectivity index is 2.12. The monoisotopic (exact) mass is 273 g/mol. The Morgan fingerprint density at radius 2 is 1.38 bits per heavy atom. The van der Waals surface area contributed by atoms with E-state index in [-0.39, 0.29) is 5.92 Å². The van der Waals surface area contributed by atoms with Crippen molar-refractivity contribution in [3.05, 3.63) is 102 Å². The minimum atomic E-state index is 0.169. The maximum Gasteiger partial charge on any atom is 0.119 e. The lowest BCUT2D eigenvalue weighted by Crippen LogP contribution is -2.03. The molecule has 0 amide bonds. The van der Waals surface area contributed by atoms with Crippen LogP contribution in [0, 0.1) is 6.07 Å². The third-order valence-corrected chi connectivity index (χ3v) is 3.61. The van der Waals surface area contributed by atoms with Gasteiger partial charge in [0.25, 0.3) is 0 Å². The second-order valence-corrected chi connectivity index (χ2v) is 4.94. The van der Waals surface area contributed by atoms with E-state index < -0.39 is 0 Å².